The van der Waals surface area contributed by atoms with Gasteiger partial charge in [0.05, 0.1) is 6.33 Å². The number of unbranched alkanes of at least 4 members (excludes halogenated alkanes) is 1. The summed E-state index contributed by atoms with van der Waals surface area (Å²) in [5.41, 5.74) is 0. The number of aromatic nitrogens is 2. The lowest BCUT2D eigenvalue weighted by Gasteiger charge is -2.23. The second-order valence-electron chi connectivity index (χ2n) is 4.43. The maximum absolute atomic E-state index is 10.5. The van der Waals surface area contributed by atoms with Gasteiger partial charge >= 0.3 is 0 Å². The van der Waals surface area contributed by atoms with E-state index in [1.807, 2.05) is 15.7 Å². The first-order chi connectivity index (χ1) is 9.13. The Hall–Kier alpha value is -1.92. The number of hydrogen-bond donors (Lipinski definition) is 1. The van der Waals surface area contributed by atoms with Gasteiger partial charge in [-0.15, -0.1) is 0 Å². The zero-order valence-electron chi connectivity index (χ0n) is 11.3. The summed E-state index contributed by atoms with van der Waals surface area (Å²) in [6, 6.07) is 0. The monoisotopic (exact) mass is 267 g/mol. The van der Waals surface area contributed by atoms with Crippen LogP contribution < -0.4 is 0 Å². The first-order valence-electron chi connectivity index (χ1n) is 6.53. The first-order valence-corrected chi connectivity index (χ1v) is 6.53. The summed E-state index contributed by atoms with van der Waals surface area (Å²) in [6.07, 6.45) is 8.18. The molecule has 1 N–H and O–H groups in total. The molecule has 1 aromatic heterocycles. The Morgan fingerprint density at radius 2 is 2.21 bits per heavy atom. The number of imidazole rings is 1. The minimum atomic E-state index is -0.447. The molecular weight excluding hydrogens is 246 g/mol. The molecule has 0 aliphatic rings. The smallest absolute Gasteiger partial charge is 0.259 e. The van der Waals surface area contributed by atoms with Crippen molar-refractivity contribution in [3.05, 3.63) is 28.8 Å². The molecule has 0 atom stereocenters. The van der Waals surface area contributed by atoms with Gasteiger partial charge in [-0.05, 0) is 12.8 Å². The topological polar surface area (TPSA) is 88.1 Å². The van der Waals surface area contributed by atoms with Gasteiger partial charge in [0.2, 0.25) is 0 Å². The highest BCUT2D eigenvalue weighted by molar-refractivity contribution is 5.80. The number of amidine groups is 1. The highest BCUT2D eigenvalue weighted by atomic mass is 16.6. The van der Waals surface area contributed by atoms with E-state index in [1.165, 1.54) is 0 Å². The molecule has 0 radical (unpaired) electrons. The minimum Gasteiger partial charge on any atom is -0.355 e. The van der Waals surface area contributed by atoms with Gasteiger partial charge in [-0.2, -0.15) is 0 Å². The van der Waals surface area contributed by atoms with Crippen LogP contribution in [0.3, 0.4) is 0 Å². The zero-order valence-corrected chi connectivity index (χ0v) is 11.3. The lowest BCUT2D eigenvalue weighted by molar-refractivity contribution is -0.464. The molecule has 1 heterocycles. The Bertz CT molecular complexity index is 391. The van der Waals surface area contributed by atoms with Crippen molar-refractivity contribution < 1.29 is 4.92 Å². The summed E-state index contributed by atoms with van der Waals surface area (Å²) in [5, 5.41) is 18.2. The average molecular weight is 267 g/mol. The molecule has 0 aliphatic heterocycles. The maximum Gasteiger partial charge on any atom is 0.259 e. The van der Waals surface area contributed by atoms with E-state index < -0.39 is 11.5 Å². The van der Waals surface area contributed by atoms with Crippen molar-refractivity contribution in [3.63, 3.8) is 0 Å². The van der Waals surface area contributed by atoms with Gasteiger partial charge < -0.3 is 9.47 Å². The molecule has 0 amide bonds. The first kappa shape index (κ1) is 15.1. The van der Waals surface area contributed by atoms with E-state index in [-0.39, 0.29) is 5.84 Å². The Morgan fingerprint density at radius 1 is 1.47 bits per heavy atom. The molecule has 0 saturated carbocycles. The van der Waals surface area contributed by atoms with Crippen LogP contribution in [0.5, 0.6) is 0 Å². The quantitative estimate of drug-likeness (QED) is 0.319. The molecule has 0 fully saturated rings. The van der Waals surface area contributed by atoms with Gasteiger partial charge in [-0.3, -0.25) is 15.5 Å². The van der Waals surface area contributed by atoms with Gasteiger partial charge in [-0.25, -0.2) is 4.98 Å². The lowest BCUT2D eigenvalue weighted by atomic mass is 10.3. The fourth-order valence-electron chi connectivity index (χ4n) is 1.82. The maximum atomic E-state index is 10.5. The summed E-state index contributed by atoms with van der Waals surface area (Å²) in [7, 11) is 0. The summed E-state index contributed by atoms with van der Waals surface area (Å²) >= 11 is 0. The second kappa shape index (κ2) is 8.23. The standard InChI is InChI=1S/C12H21N5O2/c1-2-3-7-16(12(13)10-17(18)19)8-4-6-15-9-5-14-11-15/h5,9,11,13H,2-4,6-8,10H2,1H3. The molecule has 0 aromatic carbocycles. The second-order valence-corrected chi connectivity index (χ2v) is 4.43. The van der Waals surface area contributed by atoms with Crippen molar-refractivity contribution in [3.8, 4) is 0 Å². The summed E-state index contributed by atoms with van der Waals surface area (Å²) in [5.74, 6) is 0.101. The van der Waals surface area contributed by atoms with Crippen molar-refractivity contribution in [2.45, 2.75) is 32.7 Å². The SMILES string of the molecule is CCCCN(CCCn1ccnc1)C(=N)C[N+](=O)[O-]. The third-order valence-electron chi connectivity index (χ3n) is 2.85. The number of rotatable bonds is 9. The molecule has 0 spiro atoms. The predicted molar refractivity (Wildman–Crippen MR) is 72.9 cm³/mol. The van der Waals surface area contributed by atoms with Crippen molar-refractivity contribution in [1.29, 1.82) is 5.41 Å². The minimum absolute atomic E-state index is 0.101. The van der Waals surface area contributed by atoms with Crippen molar-refractivity contribution >= 4 is 5.84 Å². The van der Waals surface area contributed by atoms with E-state index in [0.29, 0.717) is 13.1 Å². The Morgan fingerprint density at radius 3 is 2.79 bits per heavy atom. The summed E-state index contributed by atoms with van der Waals surface area (Å²) < 4.78 is 1.97. The normalized spacial score (nSPS) is 10.4. The molecular formula is C12H21N5O2. The Balaban J connectivity index is 2.39. The van der Waals surface area contributed by atoms with E-state index in [2.05, 4.69) is 11.9 Å². The van der Waals surface area contributed by atoms with E-state index in [1.54, 1.807) is 12.5 Å². The largest absolute Gasteiger partial charge is 0.355 e. The van der Waals surface area contributed by atoms with Crippen molar-refractivity contribution in [1.82, 2.24) is 14.5 Å². The van der Waals surface area contributed by atoms with Gasteiger partial charge in [0.15, 0.2) is 5.84 Å². The van der Waals surface area contributed by atoms with Gasteiger partial charge in [-0.1, -0.05) is 13.3 Å². The fourth-order valence-corrected chi connectivity index (χ4v) is 1.82. The fraction of sp³-hybridized carbons (Fsp3) is 0.667. The molecule has 0 bridgehead atoms. The van der Waals surface area contributed by atoms with Crippen LogP contribution in [-0.4, -0.2) is 44.8 Å². The number of nitrogens with zero attached hydrogens (tertiary/aromatic N) is 4. The van der Waals surface area contributed by atoms with E-state index in [9.17, 15) is 10.1 Å². The van der Waals surface area contributed by atoms with E-state index in [0.717, 1.165) is 25.8 Å². The van der Waals surface area contributed by atoms with Crippen LogP contribution in [0.15, 0.2) is 18.7 Å². The third-order valence-corrected chi connectivity index (χ3v) is 2.85. The number of hydrogen-bond acceptors (Lipinski definition) is 4. The van der Waals surface area contributed by atoms with E-state index in [4.69, 9.17) is 5.41 Å². The van der Waals surface area contributed by atoms with Crippen molar-refractivity contribution in [2.24, 2.45) is 0 Å². The highest BCUT2D eigenvalue weighted by Crippen LogP contribution is 2.00. The molecule has 1 aromatic rings. The summed E-state index contributed by atoms with van der Waals surface area (Å²) in [4.78, 5) is 15.8. The van der Waals surface area contributed by atoms with E-state index >= 15 is 0 Å². The Kier molecular flexibility index (Phi) is 6.56. The number of nitro groups is 1. The molecule has 0 aliphatic carbocycles. The number of nitrogens with one attached hydrogen (secondary N) is 1. The van der Waals surface area contributed by atoms with Crippen LogP contribution in [0.1, 0.15) is 26.2 Å². The van der Waals surface area contributed by atoms with Crippen LogP contribution in [0.2, 0.25) is 0 Å². The van der Waals surface area contributed by atoms with Crippen LogP contribution in [0.25, 0.3) is 0 Å². The van der Waals surface area contributed by atoms with Crippen LogP contribution in [0, 0.1) is 15.5 Å². The summed E-state index contributed by atoms with van der Waals surface area (Å²) in [6.45, 7) is 3.88. The predicted octanol–water partition coefficient (Wildman–Crippen LogP) is 1.63. The van der Waals surface area contributed by atoms with Crippen LogP contribution in [-0.2, 0) is 6.54 Å². The Labute approximate surface area is 112 Å². The molecule has 0 saturated heterocycles. The zero-order chi connectivity index (χ0) is 14.1. The molecule has 19 heavy (non-hydrogen) atoms. The number of aryl methyl sites for hydroxylation is 1. The van der Waals surface area contributed by atoms with Gasteiger partial charge in [0.25, 0.3) is 6.54 Å². The molecule has 106 valence electrons. The van der Waals surface area contributed by atoms with Crippen LogP contribution in [0.4, 0.5) is 0 Å². The lowest BCUT2D eigenvalue weighted by Crippen LogP contribution is -2.36. The highest BCUT2D eigenvalue weighted by Gasteiger charge is 2.14. The molecule has 1 rings (SSSR count). The van der Waals surface area contributed by atoms with Crippen molar-refractivity contribution in [2.75, 3.05) is 19.6 Å². The molecule has 0 unspecified atom stereocenters. The third kappa shape index (κ3) is 5.98. The van der Waals surface area contributed by atoms with Crippen LogP contribution >= 0.6 is 0 Å². The average Bonchev–Trinajstić information content (AvgIpc) is 2.85. The van der Waals surface area contributed by atoms with Gasteiger partial charge in [0.1, 0.15) is 0 Å². The molecule has 7 heteroatoms. The van der Waals surface area contributed by atoms with Gasteiger partial charge in [0, 0.05) is 37.0 Å². The molecule has 7 nitrogen and oxygen atoms in total.